The summed E-state index contributed by atoms with van der Waals surface area (Å²) in [5.74, 6) is 1.09. The first kappa shape index (κ1) is 28.7. The topological polar surface area (TPSA) is 146 Å². The lowest BCUT2D eigenvalue weighted by atomic mass is 9.79. The Hall–Kier alpha value is -3.31. The van der Waals surface area contributed by atoms with Crippen LogP contribution in [0.25, 0.3) is 10.8 Å². The van der Waals surface area contributed by atoms with Crippen LogP contribution in [0.1, 0.15) is 76.0 Å². The fourth-order valence-electron chi connectivity index (χ4n) is 4.43. The van der Waals surface area contributed by atoms with Gasteiger partial charge in [-0.3, -0.25) is 0 Å². The van der Waals surface area contributed by atoms with Crippen molar-refractivity contribution in [2.24, 2.45) is 5.73 Å². The zero-order valence-electron chi connectivity index (χ0n) is 23.5. The molecule has 0 fully saturated rings. The largest absolute Gasteiger partial charge is 0.474 e. The molecule has 0 aromatic carbocycles. The molecule has 4 heterocycles. The Bertz CT molecular complexity index is 1520. The van der Waals surface area contributed by atoms with Crippen LogP contribution in [0, 0.1) is 0 Å². The number of nitrogens with one attached hydrogen (secondary N) is 1. The van der Waals surface area contributed by atoms with Crippen molar-refractivity contribution in [3.63, 3.8) is 0 Å². The molecule has 0 saturated heterocycles. The summed E-state index contributed by atoms with van der Waals surface area (Å²) in [5.41, 5.74) is 7.48. The molecule has 39 heavy (non-hydrogen) atoms. The summed E-state index contributed by atoms with van der Waals surface area (Å²) >= 11 is 0. The van der Waals surface area contributed by atoms with Gasteiger partial charge in [-0.05, 0) is 62.8 Å². The van der Waals surface area contributed by atoms with Gasteiger partial charge < -0.3 is 20.5 Å². The van der Waals surface area contributed by atoms with E-state index in [0.29, 0.717) is 47.0 Å². The predicted molar refractivity (Wildman–Crippen MR) is 151 cm³/mol. The lowest BCUT2D eigenvalue weighted by Crippen LogP contribution is -2.42. The van der Waals surface area contributed by atoms with E-state index in [9.17, 15) is 13.2 Å². The molecule has 0 aliphatic carbocycles. The van der Waals surface area contributed by atoms with Gasteiger partial charge in [0, 0.05) is 29.6 Å². The Balaban J connectivity index is 1.72. The number of aromatic nitrogens is 3. The molecular formula is C28H37N5O5S. The van der Waals surface area contributed by atoms with Gasteiger partial charge in [0.1, 0.15) is 27.6 Å². The normalized spacial score (nSPS) is 19.1. The van der Waals surface area contributed by atoms with Crippen LogP contribution < -0.4 is 15.8 Å². The molecule has 4 rings (SSSR count). The quantitative estimate of drug-likeness (QED) is 0.364. The summed E-state index contributed by atoms with van der Waals surface area (Å²) in [6.07, 6.45) is 4.91. The average molecular weight is 556 g/mol. The Labute approximate surface area is 229 Å². The highest BCUT2D eigenvalue weighted by molar-refractivity contribution is 7.90. The molecule has 3 aromatic heterocycles. The Morgan fingerprint density at radius 1 is 1.21 bits per heavy atom. The van der Waals surface area contributed by atoms with Gasteiger partial charge >= 0.3 is 5.97 Å². The first-order chi connectivity index (χ1) is 18.1. The van der Waals surface area contributed by atoms with Crippen molar-refractivity contribution < 1.29 is 22.7 Å². The molecule has 10 nitrogen and oxygen atoms in total. The van der Waals surface area contributed by atoms with E-state index >= 15 is 0 Å². The second-order valence-corrected chi connectivity index (χ2v) is 13.5. The molecule has 3 aromatic rings. The number of sulfone groups is 1. The van der Waals surface area contributed by atoms with E-state index in [0.717, 1.165) is 10.9 Å². The standard InChI is InChI=1S/C28H37N5O5S/c1-8-28(6,29)21-15-31-25(37-16(2)11-12-39(7,35)36)20-14-30-23(13-19(20)21)32-22-10-9-18-24(33-22)27(4,5)17(3)38-26(18)34/h9-10,13-17H,8,11-12,29H2,1-7H3,(H,30,32,33)/t16-,17-,28-/m1/s1. The Kier molecular flexibility index (Phi) is 7.61. The molecular weight excluding hydrogens is 518 g/mol. The van der Waals surface area contributed by atoms with E-state index in [2.05, 4.69) is 15.3 Å². The number of carbonyl (C=O) groups is 1. The van der Waals surface area contributed by atoms with Crippen molar-refractivity contribution in [1.82, 2.24) is 15.0 Å². The maximum Gasteiger partial charge on any atom is 0.340 e. The first-order valence-corrected chi connectivity index (χ1v) is 15.1. The van der Waals surface area contributed by atoms with Gasteiger partial charge in [-0.2, -0.15) is 0 Å². The average Bonchev–Trinajstić information content (AvgIpc) is 2.86. The number of nitrogens with two attached hydrogens (primary N) is 1. The number of carbonyl (C=O) groups excluding carboxylic acids is 1. The van der Waals surface area contributed by atoms with Gasteiger partial charge in [0.2, 0.25) is 5.88 Å². The van der Waals surface area contributed by atoms with Crippen molar-refractivity contribution >= 4 is 38.2 Å². The van der Waals surface area contributed by atoms with Crippen molar-refractivity contribution in [2.45, 2.75) is 77.5 Å². The van der Waals surface area contributed by atoms with Crippen molar-refractivity contribution in [3.8, 4) is 5.88 Å². The third-order valence-corrected chi connectivity index (χ3v) is 8.55. The number of nitrogens with zero attached hydrogens (tertiary/aromatic N) is 3. The van der Waals surface area contributed by atoms with Crippen LogP contribution in [-0.4, -0.2) is 53.6 Å². The minimum Gasteiger partial charge on any atom is -0.474 e. The third-order valence-electron chi connectivity index (χ3n) is 7.57. The first-order valence-electron chi connectivity index (χ1n) is 13.0. The highest BCUT2D eigenvalue weighted by Crippen LogP contribution is 2.37. The molecule has 0 amide bonds. The van der Waals surface area contributed by atoms with Crippen molar-refractivity contribution in [2.75, 3.05) is 17.3 Å². The number of hydrogen-bond acceptors (Lipinski definition) is 10. The number of hydrogen-bond donors (Lipinski definition) is 2. The number of fused-ring (bicyclic) bond motifs is 2. The molecule has 0 bridgehead atoms. The van der Waals surface area contributed by atoms with Gasteiger partial charge in [0.15, 0.2) is 0 Å². The molecule has 0 saturated carbocycles. The van der Waals surface area contributed by atoms with Crippen LogP contribution in [0.15, 0.2) is 30.6 Å². The van der Waals surface area contributed by atoms with Crippen LogP contribution in [0.4, 0.5) is 11.6 Å². The number of pyridine rings is 3. The fraction of sp³-hybridized carbons (Fsp3) is 0.500. The van der Waals surface area contributed by atoms with Crippen LogP contribution >= 0.6 is 0 Å². The van der Waals surface area contributed by atoms with E-state index < -0.39 is 20.8 Å². The minimum atomic E-state index is -3.11. The molecule has 1 aliphatic rings. The molecule has 11 heteroatoms. The molecule has 210 valence electrons. The number of esters is 1. The third kappa shape index (κ3) is 5.99. The van der Waals surface area contributed by atoms with Crippen LogP contribution in [0.3, 0.4) is 0 Å². The van der Waals surface area contributed by atoms with E-state index in [4.69, 9.17) is 20.2 Å². The Morgan fingerprint density at radius 2 is 1.92 bits per heavy atom. The molecule has 0 spiro atoms. The maximum absolute atomic E-state index is 12.4. The lowest BCUT2D eigenvalue weighted by Gasteiger charge is -2.36. The number of anilines is 2. The van der Waals surface area contributed by atoms with Crippen LogP contribution in [0.2, 0.25) is 0 Å². The van der Waals surface area contributed by atoms with Crippen molar-refractivity contribution in [1.29, 1.82) is 0 Å². The highest BCUT2D eigenvalue weighted by atomic mass is 32.2. The fourth-order valence-corrected chi connectivity index (χ4v) is 5.19. The van der Waals surface area contributed by atoms with Crippen molar-refractivity contribution in [3.05, 3.63) is 47.4 Å². The van der Waals surface area contributed by atoms with Gasteiger partial charge in [0.05, 0.1) is 28.5 Å². The predicted octanol–water partition coefficient (Wildman–Crippen LogP) is 4.39. The lowest BCUT2D eigenvalue weighted by molar-refractivity contribution is 0.00864. The summed E-state index contributed by atoms with van der Waals surface area (Å²) in [4.78, 5) is 26.3. The highest BCUT2D eigenvalue weighted by Gasteiger charge is 2.41. The summed E-state index contributed by atoms with van der Waals surface area (Å²) < 4.78 is 34.7. The van der Waals surface area contributed by atoms with E-state index in [-0.39, 0.29) is 23.9 Å². The number of rotatable bonds is 9. The summed E-state index contributed by atoms with van der Waals surface area (Å²) in [6, 6.07) is 5.32. The molecule has 1 aliphatic heterocycles. The minimum absolute atomic E-state index is 0.0221. The molecule has 3 atom stereocenters. The van der Waals surface area contributed by atoms with Gasteiger partial charge in [-0.1, -0.05) is 20.8 Å². The van der Waals surface area contributed by atoms with Gasteiger partial charge in [-0.25, -0.2) is 28.2 Å². The monoisotopic (exact) mass is 555 g/mol. The zero-order valence-corrected chi connectivity index (χ0v) is 24.3. The Morgan fingerprint density at radius 3 is 2.59 bits per heavy atom. The van der Waals surface area contributed by atoms with E-state index in [1.165, 1.54) is 6.26 Å². The summed E-state index contributed by atoms with van der Waals surface area (Å²) in [7, 11) is -3.11. The molecule has 0 unspecified atom stereocenters. The summed E-state index contributed by atoms with van der Waals surface area (Å²) in [5, 5.41) is 4.75. The zero-order chi connectivity index (χ0) is 28.8. The summed E-state index contributed by atoms with van der Waals surface area (Å²) in [6.45, 7) is 11.6. The number of cyclic esters (lactones) is 1. The second kappa shape index (κ2) is 10.3. The smallest absolute Gasteiger partial charge is 0.340 e. The van der Waals surface area contributed by atoms with Gasteiger partial charge in [-0.15, -0.1) is 0 Å². The molecule has 0 radical (unpaired) electrons. The van der Waals surface area contributed by atoms with Crippen LogP contribution in [0.5, 0.6) is 5.88 Å². The number of ether oxygens (including phenoxy) is 2. The van der Waals surface area contributed by atoms with E-state index in [1.54, 1.807) is 24.5 Å². The maximum atomic E-state index is 12.4. The van der Waals surface area contributed by atoms with Crippen LogP contribution in [-0.2, 0) is 25.5 Å². The van der Waals surface area contributed by atoms with E-state index in [1.807, 2.05) is 47.6 Å². The SMILES string of the molecule is CC[C@@](C)(N)c1cnc(O[C@H](C)CCS(C)(=O)=O)c2cnc(Nc3ccc4c(n3)C(C)(C)[C@@H](C)OC4=O)cc12. The second-order valence-electron chi connectivity index (χ2n) is 11.2. The molecule has 3 N–H and O–H groups in total. The van der Waals surface area contributed by atoms with Gasteiger partial charge in [0.25, 0.3) is 0 Å².